The van der Waals surface area contributed by atoms with Gasteiger partial charge in [0.05, 0.1) is 20.1 Å². The van der Waals surface area contributed by atoms with Crippen molar-refractivity contribution in [1.82, 2.24) is 4.90 Å². The van der Waals surface area contributed by atoms with Gasteiger partial charge in [-0.1, -0.05) is 12.1 Å². The molecule has 1 aliphatic rings. The molecule has 0 aromatic heterocycles. The van der Waals surface area contributed by atoms with Gasteiger partial charge < -0.3 is 19.3 Å². The lowest BCUT2D eigenvalue weighted by atomic mass is 9.98. The molecule has 0 spiro atoms. The number of carbonyl (C=O) groups is 1. The van der Waals surface area contributed by atoms with Crippen LogP contribution in [0.1, 0.15) is 18.4 Å². The zero-order chi connectivity index (χ0) is 19.2. The van der Waals surface area contributed by atoms with Crippen LogP contribution in [0.5, 0.6) is 23.0 Å². The second-order valence-electron chi connectivity index (χ2n) is 6.71. The Morgan fingerprint density at radius 2 is 1.67 bits per heavy atom. The zero-order valence-corrected chi connectivity index (χ0v) is 15.7. The molecule has 0 amide bonds. The Hall–Kier alpha value is -2.73. The number of carboxylic acid groups (broad SMARTS) is 1. The minimum atomic E-state index is -0.697. The van der Waals surface area contributed by atoms with Gasteiger partial charge in [-0.2, -0.15) is 0 Å². The first kappa shape index (κ1) is 19.0. The van der Waals surface area contributed by atoms with Crippen molar-refractivity contribution in [3.05, 3.63) is 48.0 Å². The molecule has 0 radical (unpaired) electrons. The highest BCUT2D eigenvalue weighted by Gasteiger charge is 2.25. The van der Waals surface area contributed by atoms with Gasteiger partial charge in [0, 0.05) is 31.3 Å². The third-order valence-corrected chi connectivity index (χ3v) is 4.74. The summed E-state index contributed by atoms with van der Waals surface area (Å²) in [5.41, 5.74) is 1.14. The van der Waals surface area contributed by atoms with Gasteiger partial charge in [-0.05, 0) is 37.1 Å². The summed E-state index contributed by atoms with van der Waals surface area (Å²) in [5.74, 6) is 1.73. The Kier molecular flexibility index (Phi) is 6.19. The van der Waals surface area contributed by atoms with Crippen LogP contribution < -0.4 is 14.2 Å². The molecule has 0 aliphatic carbocycles. The first-order valence-electron chi connectivity index (χ1n) is 9.02. The molecule has 27 heavy (non-hydrogen) atoms. The van der Waals surface area contributed by atoms with Crippen LogP contribution in [0.25, 0.3) is 0 Å². The normalized spacial score (nSPS) is 17.3. The molecule has 1 N–H and O–H groups in total. The average Bonchev–Trinajstić information content (AvgIpc) is 2.69. The highest BCUT2D eigenvalue weighted by Crippen LogP contribution is 2.31. The number of carboxylic acids is 1. The van der Waals surface area contributed by atoms with Gasteiger partial charge in [0.25, 0.3) is 0 Å². The molecular weight excluding hydrogens is 346 g/mol. The average molecular weight is 371 g/mol. The molecule has 1 aliphatic heterocycles. The molecule has 1 saturated heterocycles. The van der Waals surface area contributed by atoms with E-state index in [1.807, 2.05) is 24.3 Å². The number of rotatable bonds is 7. The molecule has 6 heteroatoms. The van der Waals surface area contributed by atoms with Crippen LogP contribution in [-0.4, -0.2) is 43.3 Å². The minimum Gasteiger partial charge on any atom is -0.496 e. The predicted molar refractivity (Wildman–Crippen MR) is 102 cm³/mol. The lowest BCUT2D eigenvalue weighted by Gasteiger charge is -2.30. The molecule has 144 valence electrons. The zero-order valence-electron chi connectivity index (χ0n) is 15.7. The van der Waals surface area contributed by atoms with Crippen molar-refractivity contribution in [2.75, 3.05) is 27.3 Å². The van der Waals surface area contributed by atoms with E-state index in [4.69, 9.17) is 14.2 Å². The van der Waals surface area contributed by atoms with E-state index in [0.717, 1.165) is 37.2 Å². The molecular formula is C21H25NO5. The molecule has 1 heterocycles. The quantitative estimate of drug-likeness (QED) is 0.799. The lowest BCUT2D eigenvalue weighted by molar-refractivity contribution is -0.143. The molecule has 2 aromatic carbocycles. The maximum atomic E-state index is 11.2. The molecule has 1 unspecified atom stereocenters. The van der Waals surface area contributed by atoms with E-state index in [1.165, 1.54) is 0 Å². The number of aliphatic carboxylic acids is 1. The summed E-state index contributed by atoms with van der Waals surface area (Å²) in [6, 6.07) is 13.2. The number of benzene rings is 2. The van der Waals surface area contributed by atoms with Crippen LogP contribution >= 0.6 is 0 Å². The highest BCUT2D eigenvalue weighted by atomic mass is 16.5. The number of hydrogen-bond donors (Lipinski definition) is 1. The van der Waals surface area contributed by atoms with Gasteiger partial charge in [-0.3, -0.25) is 9.69 Å². The topological polar surface area (TPSA) is 68.2 Å². The molecule has 0 bridgehead atoms. The summed E-state index contributed by atoms with van der Waals surface area (Å²) in [7, 11) is 3.20. The van der Waals surface area contributed by atoms with E-state index in [1.54, 1.807) is 32.4 Å². The van der Waals surface area contributed by atoms with Gasteiger partial charge in [0.15, 0.2) is 0 Å². The summed E-state index contributed by atoms with van der Waals surface area (Å²) in [4.78, 5) is 13.4. The standard InChI is InChI=1S/C21H25NO5/c1-25-18-10-19(26-2)12-20(11-18)27-17-7-5-15(6-8-17)13-22-9-3-4-16(14-22)21(23)24/h5-8,10-12,16H,3-4,9,13-14H2,1-2H3,(H,23,24). The Balaban J connectivity index is 1.63. The summed E-state index contributed by atoms with van der Waals surface area (Å²) < 4.78 is 16.4. The molecule has 1 fully saturated rings. The predicted octanol–water partition coefficient (Wildman–Crippen LogP) is 3.79. The van der Waals surface area contributed by atoms with E-state index in [-0.39, 0.29) is 5.92 Å². The number of likely N-dealkylation sites (tertiary alicyclic amines) is 1. The molecule has 3 rings (SSSR count). The second kappa shape index (κ2) is 8.77. The van der Waals surface area contributed by atoms with E-state index in [2.05, 4.69) is 4.90 Å². The van der Waals surface area contributed by atoms with Crippen molar-refractivity contribution in [3.63, 3.8) is 0 Å². The van der Waals surface area contributed by atoms with Crippen LogP contribution in [0.4, 0.5) is 0 Å². The smallest absolute Gasteiger partial charge is 0.307 e. The van der Waals surface area contributed by atoms with Gasteiger partial charge in [0.1, 0.15) is 23.0 Å². The number of hydrogen-bond acceptors (Lipinski definition) is 5. The maximum absolute atomic E-state index is 11.2. The van der Waals surface area contributed by atoms with E-state index in [0.29, 0.717) is 23.8 Å². The maximum Gasteiger partial charge on any atom is 0.307 e. The van der Waals surface area contributed by atoms with Crippen LogP contribution in [0.15, 0.2) is 42.5 Å². The van der Waals surface area contributed by atoms with Crippen molar-refractivity contribution < 1.29 is 24.1 Å². The second-order valence-corrected chi connectivity index (χ2v) is 6.71. The lowest BCUT2D eigenvalue weighted by Crippen LogP contribution is -2.38. The number of nitrogens with zero attached hydrogens (tertiary/aromatic N) is 1. The van der Waals surface area contributed by atoms with Crippen molar-refractivity contribution >= 4 is 5.97 Å². The van der Waals surface area contributed by atoms with Gasteiger partial charge >= 0.3 is 5.97 Å². The van der Waals surface area contributed by atoms with Crippen LogP contribution in [0.2, 0.25) is 0 Å². The summed E-state index contributed by atoms with van der Waals surface area (Å²) in [6.45, 7) is 2.29. The molecule has 1 atom stereocenters. The third kappa shape index (κ3) is 5.14. The van der Waals surface area contributed by atoms with Gasteiger partial charge in [-0.25, -0.2) is 0 Å². The largest absolute Gasteiger partial charge is 0.496 e. The SMILES string of the molecule is COc1cc(OC)cc(Oc2ccc(CN3CCCC(C(=O)O)C3)cc2)c1. The molecule has 0 saturated carbocycles. The van der Waals surface area contributed by atoms with Crippen LogP contribution in [0, 0.1) is 5.92 Å². The molecule has 6 nitrogen and oxygen atoms in total. The Bertz CT molecular complexity index is 752. The van der Waals surface area contributed by atoms with Gasteiger partial charge in [-0.15, -0.1) is 0 Å². The third-order valence-electron chi connectivity index (χ3n) is 4.74. The fourth-order valence-electron chi connectivity index (χ4n) is 3.30. The Morgan fingerprint density at radius 1 is 1.04 bits per heavy atom. The highest BCUT2D eigenvalue weighted by molar-refractivity contribution is 5.70. The van der Waals surface area contributed by atoms with E-state index >= 15 is 0 Å². The fourth-order valence-corrected chi connectivity index (χ4v) is 3.30. The fraction of sp³-hybridized carbons (Fsp3) is 0.381. The number of methoxy groups -OCH3 is 2. The Labute approximate surface area is 159 Å². The van der Waals surface area contributed by atoms with E-state index < -0.39 is 5.97 Å². The van der Waals surface area contributed by atoms with Crippen molar-refractivity contribution in [1.29, 1.82) is 0 Å². The monoisotopic (exact) mass is 371 g/mol. The van der Waals surface area contributed by atoms with E-state index in [9.17, 15) is 9.90 Å². The van der Waals surface area contributed by atoms with Crippen molar-refractivity contribution in [2.24, 2.45) is 5.92 Å². The number of piperidine rings is 1. The summed E-state index contributed by atoms with van der Waals surface area (Å²) in [5, 5.41) is 9.21. The first-order valence-corrected chi connectivity index (χ1v) is 9.02. The van der Waals surface area contributed by atoms with Crippen LogP contribution in [0.3, 0.4) is 0 Å². The van der Waals surface area contributed by atoms with Crippen molar-refractivity contribution in [2.45, 2.75) is 19.4 Å². The summed E-state index contributed by atoms with van der Waals surface area (Å²) >= 11 is 0. The molecule has 2 aromatic rings. The summed E-state index contributed by atoms with van der Waals surface area (Å²) in [6.07, 6.45) is 1.69. The van der Waals surface area contributed by atoms with Crippen LogP contribution in [-0.2, 0) is 11.3 Å². The number of ether oxygens (including phenoxy) is 3. The van der Waals surface area contributed by atoms with Crippen molar-refractivity contribution in [3.8, 4) is 23.0 Å². The minimum absolute atomic E-state index is 0.260. The van der Waals surface area contributed by atoms with Gasteiger partial charge in [0.2, 0.25) is 0 Å². The Morgan fingerprint density at radius 3 is 2.26 bits per heavy atom. The first-order chi connectivity index (χ1) is 13.1.